The van der Waals surface area contributed by atoms with Gasteiger partial charge in [-0.1, -0.05) is 37.3 Å². The van der Waals surface area contributed by atoms with Crippen LogP contribution < -0.4 is 0 Å². The number of fused-ring (bicyclic) bond motifs is 1. The SMILES string of the molecule is CCc1ccc(C(=O)OCCN2CCOCC2)c2ccccc12. The van der Waals surface area contributed by atoms with Crippen molar-refractivity contribution in [2.75, 3.05) is 39.5 Å². The number of esters is 1. The smallest absolute Gasteiger partial charge is 0.338 e. The molecule has 4 heteroatoms. The Kier molecular flexibility index (Phi) is 5.26. The van der Waals surface area contributed by atoms with E-state index in [9.17, 15) is 4.79 Å². The van der Waals surface area contributed by atoms with Gasteiger partial charge in [-0.05, 0) is 28.8 Å². The fourth-order valence-electron chi connectivity index (χ4n) is 3.02. The highest BCUT2D eigenvalue weighted by Crippen LogP contribution is 2.24. The monoisotopic (exact) mass is 313 g/mol. The van der Waals surface area contributed by atoms with Gasteiger partial charge in [-0.3, -0.25) is 4.90 Å². The molecule has 0 radical (unpaired) electrons. The average Bonchev–Trinajstić information content (AvgIpc) is 2.61. The van der Waals surface area contributed by atoms with Gasteiger partial charge in [-0.25, -0.2) is 4.79 Å². The lowest BCUT2D eigenvalue weighted by molar-refractivity contribution is 0.0196. The first-order chi connectivity index (χ1) is 11.3. The molecule has 1 fully saturated rings. The number of morpholine rings is 1. The van der Waals surface area contributed by atoms with Crippen LogP contribution in [0.3, 0.4) is 0 Å². The number of benzene rings is 2. The Balaban J connectivity index is 1.68. The summed E-state index contributed by atoms with van der Waals surface area (Å²) in [6.45, 7) is 6.65. The minimum absolute atomic E-state index is 0.239. The molecule has 2 aromatic rings. The number of hydrogen-bond acceptors (Lipinski definition) is 4. The Labute approximate surface area is 137 Å². The maximum absolute atomic E-state index is 12.4. The molecule has 0 bridgehead atoms. The van der Waals surface area contributed by atoms with Gasteiger partial charge >= 0.3 is 5.97 Å². The van der Waals surface area contributed by atoms with Gasteiger partial charge in [-0.15, -0.1) is 0 Å². The van der Waals surface area contributed by atoms with E-state index in [2.05, 4.69) is 17.9 Å². The molecule has 1 saturated heterocycles. The number of nitrogens with zero attached hydrogens (tertiary/aromatic N) is 1. The molecule has 2 aromatic carbocycles. The molecule has 1 aliphatic rings. The summed E-state index contributed by atoms with van der Waals surface area (Å²) in [6, 6.07) is 12.0. The summed E-state index contributed by atoms with van der Waals surface area (Å²) >= 11 is 0. The second-order valence-corrected chi connectivity index (χ2v) is 5.76. The van der Waals surface area contributed by atoms with Gasteiger partial charge in [0.2, 0.25) is 0 Å². The molecule has 122 valence electrons. The van der Waals surface area contributed by atoms with Crippen LogP contribution in [0.1, 0.15) is 22.8 Å². The van der Waals surface area contributed by atoms with Crippen LogP contribution in [0.5, 0.6) is 0 Å². The van der Waals surface area contributed by atoms with Crippen LogP contribution >= 0.6 is 0 Å². The van der Waals surface area contributed by atoms with Crippen molar-refractivity contribution in [1.82, 2.24) is 4.90 Å². The summed E-state index contributed by atoms with van der Waals surface area (Å²) in [4.78, 5) is 14.7. The Hall–Kier alpha value is -1.91. The van der Waals surface area contributed by atoms with E-state index in [0.29, 0.717) is 12.2 Å². The molecule has 4 nitrogen and oxygen atoms in total. The zero-order chi connectivity index (χ0) is 16.1. The van der Waals surface area contributed by atoms with Crippen molar-refractivity contribution in [1.29, 1.82) is 0 Å². The fraction of sp³-hybridized carbons (Fsp3) is 0.421. The normalized spacial score (nSPS) is 15.7. The predicted molar refractivity (Wildman–Crippen MR) is 90.9 cm³/mol. The number of aryl methyl sites for hydroxylation is 1. The second kappa shape index (κ2) is 7.57. The number of rotatable bonds is 5. The molecule has 1 heterocycles. The first-order valence-electron chi connectivity index (χ1n) is 8.27. The molecule has 23 heavy (non-hydrogen) atoms. The summed E-state index contributed by atoms with van der Waals surface area (Å²) in [5.41, 5.74) is 1.91. The topological polar surface area (TPSA) is 38.8 Å². The molecule has 0 amide bonds. The quantitative estimate of drug-likeness (QED) is 0.796. The summed E-state index contributed by atoms with van der Waals surface area (Å²) < 4.78 is 10.8. The molecule has 0 unspecified atom stereocenters. The van der Waals surface area contributed by atoms with Gasteiger partial charge in [0.05, 0.1) is 18.8 Å². The molecule has 0 atom stereocenters. The number of carbonyl (C=O) groups is 1. The van der Waals surface area contributed by atoms with Crippen molar-refractivity contribution in [3.8, 4) is 0 Å². The van der Waals surface area contributed by atoms with Gasteiger partial charge in [-0.2, -0.15) is 0 Å². The van der Waals surface area contributed by atoms with Crippen LogP contribution in [0, 0.1) is 0 Å². The van der Waals surface area contributed by atoms with E-state index in [4.69, 9.17) is 9.47 Å². The summed E-state index contributed by atoms with van der Waals surface area (Å²) in [6.07, 6.45) is 0.951. The molecule has 0 N–H and O–H groups in total. The third-order valence-corrected chi connectivity index (χ3v) is 4.36. The van der Waals surface area contributed by atoms with E-state index in [1.54, 1.807) is 0 Å². The lowest BCUT2D eigenvalue weighted by Crippen LogP contribution is -2.38. The van der Waals surface area contributed by atoms with E-state index in [1.807, 2.05) is 30.3 Å². The highest BCUT2D eigenvalue weighted by Gasteiger charge is 2.15. The van der Waals surface area contributed by atoms with Gasteiger partial charge in [0.1, 0.15) is 6.61 Å². The van der Waals surface area contributed by atoms with E-state index < -0.39 is 0 Å². The number of hydrogen-bond donors (Lipinski definition) is 0. The lowest BCUT2D eigenvalue weighted by atomic mass is 9.98. The van der Waals surface area contributed by atoms with Crippen LogP contribution in [0.4, 0.5) is 0 Å². The number of carbonyl (C=O) groups excluding carboxylic acids is 1. The maximum atomic E-state index is 12.4. The average molecular weight is 313 g/mol. The van der Waals surface area contributed by atoms with Crippen LogP contribution in [0.15, 0.2) is 36.4 Å². The van der Waals surface area contributed by atoms with Crippen molar-refractivity contribution >= 4 is 16.7 Å². The summed E-state index contributed by atoms with van der Waals surface area (Å²) in [5, 5.41) is 2.11. The molecule has 0 aromatic heterocycles. The summed E-state index contributed by atoms with van der Waals surface area (Å²) in [5.74, 6) is -0.239. The highest BCUT2D eigenvalue weighted by molar-refractivity contribution is 6.05. The van der Waals surface area contributed by atoms with Crippen molar-refractivity contribution < 1.29 is 14.3 Å². The van der Waals surface area contributed by atoms with Crippen molar-refractivity contribution in [2.24, 2.45) is 0 Å². The van der Waals surface area contributed by atoms with Gasteiger partial charge in [0.25, 0.3) is 0 Å². The molecular weight excluding hydrogens is 290 g/mol. The Morgan fingerprint density at radius 1 is 1.13 bits per heavy atom. The van der Waals surface area contributed by atoms with Crippen molar-refractivity contribution in [2.45, 2.75) is 13.3 Å². The number of ether oxygens (including phenoxy) is 2. The molecule has 0 saturated carbocycles. The third-order valence-electron chi connectivity index (χ3n) is 4.36. The molecular formula is C19H23NO3. The molecule has 0 aliphatic carbocycles. The zero-order valence-corrected chi connectivity index (χ0v) is 13.6. The zero-order valence-electron chi connectivity index (χ0n) is 13.6. The van der Waals surface area contributed by atoms with Crippen LogP contribution in [-0.2, 0) is 15.9 Å². The lowest BCUT2D eigenvalue weighted by Gasteiger charge is -2.26. The molecule has 1 aliphatic heterocycles. The van der Waals surface area contributed by atoms with Gasteiger partial charge < -0.3 is 9.47 Å². The van der Waals surface area contributed by atoms with E-state index >= 15 is 0 Å². The Morgan fingerprint density at radius 3 is 2.61 bits per heavy atom. The van der Waals surface area contributed by atoms with E-state index in [1.165, 1.54) is 5.56 Å². The summed E-state index contributed by atoms with van der Waals surface area (Å²) in [7, 11) is 0. The molecule has 3 rings (SSSR count). The van der Waals surface area contributed by atoms with Gasteiger partial charge in [0, 0.05) is 19.6 Å². The van der Waals surface area contributed by atoms with Gasteiger partial charge in [0.15, 0.2) is 0 Å². The second-order valence-electron chi connectivity index (χ2n) is 5.76. The van der Waals surface area contributed by atoms with Crippen LogP contribution in [-0.4, -0.2) is 50.3 Å². The van der Waals surface area contributed by atoms with E-state index in [0.717, 1.165) is 50.0 Å². The molecule has 0 spiro atoms. The maximum Gasteiger partial charge on any atom is 0.338 e. The largest absolute Gasteiger partial charge is 0.461 e. The van der Waals surface area contributed by atoms with Crippen LogP contribution in [0.25, 0.3) is 10.8 Å². The van der Waals surface area contributed by atoms with Crippen LogP contribution in [0.2, 0.25) is 0 Å². The van der Waals surface area contributed by atoms with E-state index in [-0.39, 0.29) is 5.97 Å². The Morgan fingerprint density at radius 2 is 1.87 bits per heavy atom. The third kappa shape index (κ3) is 3.71. The standard InChI is InChI=1S/C19H23NO3/c1-2-15-7-8-18(17-6-4-3-5-16(15)17)19(21)23-14-11-20-9-12-22-13-10-20/h3-8H,2,9-14H2,1H3. The first-order valence-corrected chi connectivity index (χ1v) is 8.27. The fourth-order valence-corrected chi connectivity index (χ4v) is 3.02. The Bertz CT molecular complexity index is 677. The predicted octanol–water partition coefficient (Wildman–Crippen LogP) is 2.89. The van der Waals surface area contributed by atoms with Crippen molar-refractivity contribution in [3.05, 3.63) is 47.5 Å². The van der Waals surface area contributed by atoms with Crippen molar-refractivity contribution in [3.63, 3.8) is 0 Å². The first kappa shape index (κ1) is 16.0. The minimum Gasteiger partial charge on any atom is -0.461 e. The minimum atomic E-state index is -0.239. The highest BCUT2D eigenvalue weighted by atomic mass is 16.5.